The third-order valence-electron chi connectivity index (χ3n) is 4.63. The van der Waals surface area contributed by atoms with Gasteiger partial charge in [0, 0.05) is 0 Å². The van der Waals surface area contributed by atoms with E-state index in [9.17, 15) is 9.59 Å². The summed E-state index contributed by atoms with van der Waals surface area (Å²) in [6, 6.07) is 14.4. The van der Waals surface area contributed by atoms with Crippen molar-refractivity contribution in [2.75, 3.05) is 26.9 Å². The van der Waals surface area contributed by atoms with Crippen molar-refractivity contribution in [3.05, 3.63) is 54.1 Å². The van der Waals surface area contributed by atoms with E-state index >= 15 is 0 Å². The summed E-state index contributed by atoms with van der Waals surface area (Å²) in [5.41, 5.74) is 0.879. The van der Waals surface area contributed by atoms with Gasteiger partial charge in [0.2, 0.25) is 5.91 Å². The minimum Gasteiger partial charge on any atom is -0.493 e. The highest BCUT2D eigenvalue weighted by atomic mass is 16.5. The molecule has 0 fully saturated rings. The normalized spacial score (nSPS) is 11.3. The SMILES string of the molecule is CCCCCOc1ccc(C(C)NC(=O)CNC(=O)COc2ccccc2)cc1OC. The number of methoxy groups -OCH3 is 1. The molecular formula is C24H32N2O5. The Morgan fingerprint density at radius 1 is 0.968 bits per heavy atom. The fourth-order valence-corrected chi connectivity index (χ4v) is 2.88. The Hall–Kier alpha value is -3.22. The maximum Gasteiger partial charge on any atom is 0.258 e. The molecule has 2 N–H and O–H groups in total. The Balaban J connectivity index is 1.78. The largest absolute Gasteiger partial charge is 0.493 e. The topological polar surface area (TPSA) is 85.9 Å². The van der Waals surface area contributed by atoms with Gasteiger partial charge in [-0.1, -0.05) is 44.0 Å². The lowest BCUT2D eigenvalue weighted by molar-refractivity contribution is -0.127. The quantitative estimate of drug-likeness (QED) is 0.476. The van der Waals surface area contributed by atoms with E-state index in [1.807, 2.05) is 43.3 Å². The molecule has 0 saturated carbocycles. The highest BCUT2D eigenvalue weighted by Gasteiger charge is 2.14. The van der Waals surface area contributed by atoms with Gasteiger partial charge in [-0.15, -0.1) is 0 Å². The smallest absolute Gasteiger partial charge is 0.258 e. The maximum absolute atomic E-state index is 12.2. The predicted molar refractivity (Wildman–Crippen MR) is 120 cm³/mol. The third-order valence-corrected chi connectivity index (χ3v) is 4.63. The molecule has 0 aromatic heterocycles. The van der Waals surface area contributed by atoms with E-state index in [1.165, 1.54) is 0 Å². The van der Waals surface area contributed by atoms with Crippen molar-refractivity contribution in [1.82, 2.24) is 10.6 Å². The monoisotopic (exact) mass is 428 g/mol. The van der Waals surface area contributed by atoms with Gasteiger partial charge in [-0.05, 0) is 43.2 Å². The molecular weight excluding hydrogens is 396 g/mol. The minimum atomic E-state index is -0.363. The van der Waals surface area contributed by atoms with Gasteiger partial charge in [0.05, 0.1) is 26.3 Å². The molecule has 31 heavy (non-hydrogen) atoms. The summed E-state index contributed by atoms with van der Waals surface area (Å²) in [5.74, 6) is 1.26. The summed E-state index contributed by atoms with van der Waals surface area (Å²) in [4.78, 5) is 24.1. The fourth-order valence-electron chi connectivity index (χ4n) is 2.88. The molecule has 0 aliphatic heterocycles. The standard InChI is InChI=1S/C24H32N2O5/c1-4-5-9-14-30-21-13-12-19(15-22(21)29-3)18(2)26-23(27)16-25-24(28)17-31-20-10-7-6-8-11-20/h6-8,10-13,15,18H,4-5,9,14,16-17H2,1-3H3,(H,25,28)(H,26,27). The number of carbonyl (C=O) groups excluding carboxylic acids is 2. The molecule has 7 heteroatoms. The number of hydrogen-bond acceptors (Lipinski definition) is 5. The molecule has 0 aliphatic carbocycles. The van der Waals surface area contributed by atoms with Crippen LogP contribution in [0.4, 0.5) is 0 Å². The van der Waals surface area contributed by atoms with E-state index < -0.39 is 0 Å². The molecule has 1 unspecified atom stereocenters. The number of nitrogens with one attached hydrogen (secondary N) is 2. The van der Waals surface area contributed by atoms with Gasteiger partial charge in [-0.3, -0.25) is 9.59 Å². The van der Waals surface area contributed by atoms with Gasteiger partial charge in [0.1, 0.15) is 5.75 Å². The average Bonchev–Trinajstić information content (AvgIpc) is 2.79. The highest BCUT2D eigenvalue weighted by Crippen LogP contribution is 2.30. The first kappa shape index (κ1) is 24.1. The molecule has 2 amide bonds. The van der Waals surface area contributed by atoms with Crippen LogP contribution in [0.2, 0.25) is 0 Å². The van der Waals surface area contributed by atoms with Crippen LogP contribution in [0, 0.1) is 0 Å². The van der Waals surface area contributed by atoms with E-state index in [0.29, 0.717) is 23.9 Å². The lowest BCUT2D eigenvalue weighted by atomic mass is 10.1. The molecule has 7 nitrogen and oxygen atoms in total. The molecule has 0 spiro atoms. The van der Waals surface area contributed by atoms with Crippen molar-refractivity contribution in [3.63, 3.8) is 0 Å². The van der Waals surface area contributed by atoms with E-state index in [1.54, 1.807) is 19.2 Å². The fraction of sp³-hybridized carbons (Fsp3) is 0.417. The maximum atomic E-state index is 12.2. The summed E-state index contributed by atoms with van der Waals surface area (Å²) >= 11 is 0. The molecule has 2 aromatic carbocycles. The van der Waals surface area contributed by atoms with Crippen molar-refractivity contribution in [3.8, 4) is 17.2 Å². The number of para-hydroxylation sites is 1. The number of carbonyl (C=O) groups is 2. The molecule has 0 radical (unpaired) electrons. The summed E-state index contributed by atoms with van der Waals surface area (Å²) in [7, 11) is 1.59. The van der Waals surface area contributed by atoms with E-state index in [2.05, 4.69) is 17.6 Å². The van der Waals surface area contributed by atoms with Gasteiger partial charge >= 0.3 is 0 Å². The Kier molecular flexibility index (Phi) is 10.2. The molecule has 0 aliphatic rings. The van der Waals surface area contributed by atoms with E-state index in [4.69, 9.17) is 14.2 Å². The molecule has 1 atom stereocenters. The van der Waals surface area contributed by atoms with Crippen molar-refractivity contribution in [2.45, 2.75) is 39.2 Å². The lowest BCUT2D eigenvalue weighted by Crippen LogP contribution is -2.39. The lowest BCUT2D eigenvalue weighted by Gasteiger charge is -2.17. The first-order valence-corrected chi connectivity index (χ1v) is 10.6. The summed E-state index contributed by atoms with van der Waals surface area (Å²) in [6.45, 7) is 4.38. The Bertz CT molecular complexity index is 826. The van der Waals surface area contributed by atoms with Crippen LogP contribution in [-0.2, 0) is 9.59 Å². The van der Waals surface area contributed by atoms with Crippen molar-refractivity contribution >= 4 is 11.8 Å². The van der Waals surface area contributed by atoms with Crippen LogP contribution < -0.4 is 24.8 Å². The van der Waals surface area contributed by atoms with Crippen molar-refractivity contribution in [2.24, 2.45) is 0 Å². The van der Waals surface area contributed by atoms with Gasteiger partial charge < -0.3 is 24.8 Å². The van der Waals surface area contributed by atoms with E-state index in [0.717, 1.165) is 24.8 Å². The first-order chi connectivity index (χ1) is 15.0. The van der Waals surface area contributed by atoms with Gasteiger partial charge in [0.15, 0.2) is 18.1 Å². The molecule has 0 saturated heterocycles. The Morgan fingerprint density at radius 2 is 1.74 bits per heavy atom. The number of amides is 2. The average molecular weight is 429 g/mol. The van der Waals surface area contributed by atoms with E-state index in [-0.39, 0.29) is 31.0 Å². The van der Waals surface area contributed by atoms with Crippen molar-refractivity contribution < 1.29 is 23.8 Å². The van der Waals surface area contributed by atoms with Gasteiger partial charge in [-0.25, -0.2) is 0 Å². The second-order valence-electron chi connectivity index (χ2n) is 7.13. The number of hydrogen-bond donors (Lipinski definition) is 2. The van der Waals surface area contributed by atoms with Crippen LogP contribution in [0.5, 0.6) is 17.2 Å². The second-order valence-corrected chi connectivity index (χ2v) is 7.13. The summed E-state index contributed by atoms with van der Waals surface area (Å²) in [6.07, 6.45) is 3.26. The molecule has 0 heterocycles. The van der Waals surface area contributed by atoms with Crippen LogP contribution in [-0.4, -0.2) is 38.7 Å². The zero-order valence-corrected chi connectivity index (χ0v) is 18.5. The molecule has 0 bridgehead atoms. The van der Waals surface area contributed by atoms with Crippen LogP contribution >= 0.6 is 0 Å². The zero-order valence-electron chi connectivity index (χ0n) is 18.5. The number of ether oxygens (including phenoxy) is 3. The summed E-state index contributed by atoms with van der Waals surface area (Å²) < 4.78 is 16.6. The van der Waals surface area contributed by atoms with Crippen LogP contribution in [0.1, 0.15) is 44.7 Å². The first-order valence-electron chi connectivity index (χ1n) is 10.6. The van der Waals surface area contributed by atoms with Crippen molar-refractivity contribution in [1.29, 1.82) is 0 Å². The summed E-state index contributed by atoms with van der Waals surface area (Å²) in [5, 5.41) is 5.42. The molecule has 2 rings (SSSR count). The highest BCUT2D eigenvalue weighted by molar-refractivity contribution is 5.85. The minimum absolute atomic E-state index is 0.128. The Labute approximate surface area is 184 Å². The second kappa shape index (κ2) is 13.2. The zero-order chi connectivity index (χ0) is 22.5. The van der Waals surface area contributed by atoms with Crippen LogP contribution in [0.25, 0.3) is 0 Å². The third kappa shape index (κ3) is 8.58. The van der Waals surface area contributed by atoms with Crippen LogP contribution in [0.3, 0.4) is 0 Å². The molecule has 168 valence electrons. The number of rotatable bonds is 13. The van der Waals surface area contributed by atoms with Gasteiger partial charge in [0.25, 0.3) is 5.91 Å². The Morgan fingerprint density at radius 3 is 2.45 bits per heavy atom. The molecule has 2 aromatic rings. The van der Waals surface area contributed by atoms with Crippen LogP contribution in [0.15, 0.2) is 48.5 Å². The number of unbranched alkanes of at least 4 members (excludes halogenated alkanes) is 2. The van der Waals surface area contributed by atoms with Gasteiger partial charge in [-0.2, -0.15) is 0 Å². The number of benzene rings is 2. The predicted octanol–water partition coefficient (Wildman–Crippen LogP) is 3.64.